The molecule has 0 atom stereocenters. The summed E-state index contributed by atoms with van der Waals surface area (Å²) in [4.78, 5) is 0.136. The second-order valence-electron chi connectivity index (χ2n) is 4.86. The van der Waals surface area contributed by atoms with Crippen LogP contribution in [0, 0.1) is 0 Å². The molecule has 19 heavy (non-hydrogen) atoms. The van der Waals surface area contributed by atoms with E-state index < -0.39 is 10.0 Å². The van der Waals surface area contributed by atoms with Crippen LogP contribution in [0.25, 0.3) is 0 Å². The fourth-order valence-corrected chi connectivity index (χ4v) is 4.66. The maximum absolute atomic E-state index is 12.3. The summed E-state index contributed by atoms with van der Waals surface area (Å²) in [5.74, 6) is 0.452. The number of nitrogens with two attached hydrogens (primary N) is 1. The molecule has 5 nitrogen and oxygen atoms in total. The molecule has 0 bridgehead atoms. The summed E-state index contributed by atoms with van der Waals surface area (Å²) >= 11 is 3.13. The molecular weight excluding hydrogens is 332 g/mol. The number of halogens is 1. The third kappa shape index (κ3) is 3.81. The van der Waals surface area contributed by atoms with Crippen LogP contribution in [0.1, 0.15) is 44.3 Å². The molecule has 0 radical (unpaired) electrons. The molecule has 1 aromatic heterocycles. The first-order chi connectivity index (χ1) is 9.03. The first kappa shape index (κ1) is 15.0. The van der Waals surface area contributed by atoms with E-state index in [1.54, 1.807) is 0 Å². The molecule has 7 heteroatoms. The normalized spacial score (nSPS) is 18.4. The Labute approximate surface area is 122 Å². The highest BCUT2D eigenvalue weighted by atomic mass is 79.9. The van der Waals surface area contributed by atoms with Crippen molar-refractivity contribution in [3.63, 3.8) is 0 Å². The van der Waals surface area contributed by atoms with Gasteiger partial charge in [0.25, 0.3) is 0 Å². The number of hydrogen-bond donors (Lipinski definition) is 2. The molecule has 0 aromatic carbocycles. The van der Waals surface area contributed by atoms with Crippen molar-refractivity contribution >= 4 is 26.0 Å². The second kappa shape index (κ2) is 6.39. The van der Waals surface area contributed by atoms with E-state index in [0.29, 0.717) is 5.76 Å². The van der Waals surface area contributed by atoms with Crippen LogP contribution in [0.4, 0.5) is 0 Å². The monoisotopic (exact) mass is 350 g/mol. The van der Waals surface area contributed by atoms with Crippen LogP contribution >= 0.6 is 15.9 Å². The van der Waals surface area contributed by atoms with Gasteiger partial charge in [-0.1, -0.05) is 25.7 Å². The summed E-state index contributed by atoms with van der Waals surface area (Å²) in [7, 11) is -3.54. The molecule has 1 aliphatic carbocycles. The van der Waals surface area contributed by atoms with Gasteiger partial charge in [0.1, 0.15) is 10.7 Å². The van der Waals surface area contributed by atoms with E-state index in [2.05, 4.69) is 20.7 Å². The summed E-state index contributed by atoms with van der Waals surface area (Å²) in [6.07, 6.45) is 6.33. The summed E-state index contributed by atoms with van der Waals surface area (Å²) in [6.45, 7) is 0.178. The number of rotatable bonds is 4. The Morgan fingerprint density at radius 3 is 2.47 bits per heavy atom. The smallest absolute Gasteiger partial charge is 0.245 e. The number of furan rings is 1. The van der Waals surface area contributed by atoms with Gasteiger partial charge in [0, 0.05) is 12.1 Å². The Hall–Kier alpha value is -0.370. The summed E-state index contributed by atoms with van der Waals surface area (Å²) in [5.41, 5.74) is 5.45. The predicted octanol–water partition coefficient (Wildman–Crippen LogP) is 2.50. The van der Waals surface area contributed by atoms with Crippen molar-refractivity contribution in [2.75, 3.05) is 0 Å². The molecule has 1 heterocycles. The van der Waals surface area contributed by atoms with Crippen LogP contribution in [0.2, 0.25) is 0 Å². The standard InChI is InChI=1S/C12H19BrN2O3S/c13-12-11(7-10(8-14)18-12)19(16,17)15-9-5-3-1-2-4-6-9/h7,9,15H,1-6,8,14H2. The molecule has 3 N–H and O–H groups in total. The topological polar surface area (TPSA) is 85.3 Å². The number of nitrogens with one attached hydrogen (secondary N) is 1. The zero-order valence-corrected chi connectivity index (χ0v) is 13.1. The van der Waals surface area contributed by atoms with Crippen molar-refractivity contribution in [2.45, 2.75) is 56.0 Å². The molecule has 0 unspecified atom stereocenters. The lowest BCUT2D eigenvalue weighted by Gasteiger charge is -2.15. The van der Waals surface area contributed by atoms with Gasteiger partial charge in [-0.05, 0) is 28.8 Å². The van der Waals surface area contributed by atoms with Crippen molar-refractivity contribution < 1.29 is 12.8 Å². The zero-order valence-electron chi connectivity index (χ0n) is 10.7. The number of sulfonamides is 1. The van der Waals surface area contributed by atoms with Gasteiger partial charge in [0.05, 0.1) is 6.54 Å². The maximum Gasteiger partial charge on any atom is 0.245 e. The molecule has 0 saturated heterocycles. The summed E-state index contributed by atoms with van der Waals surface area (Å²) < 4.78 is 32.9. The Morgan fingerprint density at radius 1 is 1.32 bits per heavy atom. The highest BCUT2D eigenvalue weighted by Gasteiger charge is 2.25. The minimum absolute atomic E-state index is 0.0237. The molecule has 0 amide bonds. The Balaban J connectivity index is 2.14. The predicted molar refractivity (Wildman–Crippen MR) is 76.1 cm³/mol. The third-order valence-electron chi connectivity index (χ3n) is 3.37. The van der Waals surface area contributed by atoms with E-state index in [0.717, 1.165) is 25.7 Å². The van der Waals surface area contributed by atoms with Crippen LogP contribution in [-0.2, 0) is 16.6 Å². The number of hydrogen-bond acceptors (Lipinski definition) is 4. The molecule has 1 aromatic rings. The molecule has 0 spiro atoms. The lowest BCUT2D eigenvalue weighted by atomic mass is 10.1. The summed E-state index contributed by atoms with van der Waals surface area (Å²) in [5, 5.41) is 0. The average Bonchev–Trinajstić information content (AvgIpc) is 2.57. The van der Waals surface area contributed by atoms with Crippen molar-refractivity contribution in [1.82, 2.24) is 4.72 Å². The fraction of sp³-hybridized carbons (Fsp3) is 0.667. The molecule has 2 rings (SSSR count). The van der Waals surface area contributed by atoms with Crippen LogP contribution in [0.3, 0.4) is 0 Å². The Bertz CT molecular complexity index is 519. The van der Waals surface area contributed by atoms with Crippen molar-refractivity contribution in [2.24, 2.45) is 5.73 Å². The highest BCUT2D eigenvalue weighted by molar-refractivity contribution is 9.10. The second-order valence-corrected chi connectivity index (χ2v) is 7.27. The summed E-state index contributed by atoms with van der Waals surface area (Å²) in [6, 6.07) is 1.50. The first-order valence-corrected chi connectivity index (χ1v) is 8.81. The average molecular weight is 351 g/mol. The lowest BCUT2D eigenvalue weighted by Crippen LogP contribution is -2.34. The van der Waals surface area contributed by atoms with E-state index in [1.807, 2.05) is 0 Å². The molecule has 1 aliphatic rings. The molecular formula is C12H19BrN2O3S. The van der Waals surface area contributed by atoms with Gasteiger partial charge in [-0.3, -0.25) is 0 Å². The quantitative estimate of drug-likeness (QED) is 0.817. The van der Waals surface area contributed by atoms with Crippen molar-refractivity contribution in [3.05, 3.63) is 16.5 Å². The Kier molecular flexibility index (Phi) is 5.05. The highest BCUT2D eigenvalue weighted by Crippen LogP contribution is 2.27. The van der Waals surface area contributed by atoms with E-state index in [1.165, 1.54) is 18.9 Å². The fourth-order valence-electron chi connectivity index (χ4n) is 2.36. The SMILES string of the molecule is NCc1cc(S(=O)(=O)NC2CCCCCC2)c(Br)o1. The van der Waals surface area contributed by atoms with E-state index >= 15 is 0 Å². The van der Waals surface area contributed by atoms with Gasteiger partial charge in [-0.15, -0.1) is 0 Å². The molecule has 1 fully saturated rings. The maximum atomic E-state index is 12.3. The Morgan fingerprint density at radius 2 is 1.95 bits per heavy atom. The van der Waals surface area contributed by atoms with Gasteiger partial charge in [-0.25, -0.2) is 13.1 Å². The minimum Gasteiger partial charge on any atom is -0.452 e. The van der Waals surface area contributed by atoms with Crippen molar-refractivity contribution in [3.8, 4) is 0 Å². The minimum atomic E-state index is -3.54. The van der Waals surface area contributed by atoms with Crippen LogP contribution in [0.15, 0.2) is 20.0 Å². The molecule has 0 aliphatic heterocycles. The van der Waals surface area contributed by atoms with E-state index in [4.69, 9.17) is 10.2 Å². The van der Waals surface area contributed by atoms with Crippen LogP contribution in [0.5, 0.6) is 0 Å². The first-order valence-electron chi connectivity index (χ1n) is 6.53. The van der Waals surface area contributed by atoms with Gasteiger partial charge in [0.2, 0.25) is 10.0 Å². The molecule has 1 saturated carbocycles. The van der Waals surface area contributed by atoms with E-state index in [-0.39, 0.29) is 22.2 Å². The van der Waals surface area contributed by atoms with Gasteiger partial charge >= 0.3 is 0 Å². The van der Waals surface area contributed by atoms with Crippen LogP contribution in [-0.4, -0.2) is 14.5 Å². The van der Waals surface area contributed by atoms with Gasteiger partial charge in [-0.2, -0.15) is 0 Å². The molecule has 108 valence electrons. The van der Waals surface area contributed by atoms with Crippen LogP contribution < -0.4 is 10.5 Å². The van der Waals surface area contributed by atoms with Gasteiger partial charge in [0.15, 0.2) is 4.67 Å². The zero-order chi connectivity index (χ0) is 13.9. The van der Waals surface area contributed by atoms with Crippen molar-refractivity contribution in [1.29, 1.82) is 0 Å². The van der Waals surface area contributed by atoms with E-state index in [9.17, 15) is 8.42 Å². The largest absolute Gasteiger partial charge is 0.452 e. The lowest BCUT2D eigenvalue weighted by molar-refractivity contribution is 0.480. The van der Waals surface area contributed by atoms with Gasteiger partial charge < -0.3 is 10.2 Å². The third-order valence-corrected chi connectivity index (χ3v) is 5.75.